The molecular formula is C31H38ClF3N4O2. The molecule has 0 spiro atoms. The van der Waals surface area contributed by atoms with Crippen molar-refractivity contribution in [1.82, 2.24) is 14.7 Å². The van der Waals surface area contributed by atoms with Gasteiger partial charge >= 0.3 is 12.2 Å². The molecule has 2 aliphatic carbocycles. The molecule has 3 atom stereocenters. The number of hydrogen-bond donors (Lipinski definition) is 1. The first-order chi connectivity index (χ1) is 19.2. The summed E-state index contributed by atoms with van der Waals surface area (Å²) in [5, 5.41) is 0.592. The Labute approximate surface area is 244 Å². The summed E-state index contributed by atoms with van der Waals surface area (Å²) in [7, 11) is 0. The molecule has 0 radical (unpaired) electrons. The van der Waals surface area contributed by atoms with Crippen LogP contribution in [0.4, 0.5) is 18.0 Å². The fraction of sp³-hybridized carbons (Fsp3) is 0.548. The molecule has 4 aliphatic rings. The Morgan fingerprint density at radius 1 is 1.05 bits per heavy atom. The monoisotopic (exact) mass is 590 g/mol. The molecule has 2 fully saturated rings. The lowest BCUT2D eigenvalue weighted by Gasteiger charge is -2.50. The summed E-state index contributed by atoms with van der Waals surface area (Å²) in [5.74, 6) is -0.322. The number of likely N-dealkylation sites (tertiary alicyclic amines) is 1. The van der Waals surface area contributed by atoms with Gasteiger partial charge in [-0.05, 0) is 53.0 Å². The zero-order chi connectivity index (χ0) is 29.7. The minimum absolute atomic E-state index is 0.0870. The van der Waals surface area contributed by atoms with Crippen LogP contribution < -0.4 is 5.73 Å². The van der Waals surface area contributed by atoms with Crippen LogP contribution in [-0.2, 0) is 4.79 Å². The van der Waals surface area contributed by atoms with Crippen molar-refractivity contribution < 1.29 is 22.8 Å². The molecule has 2 saturated heterocycles. The number of benzene rings is 1. The summed E-state index contributed by atoms with van der Waals surface area (Å²) in [6.07, 6.45) is 2.80. The number of primary amides is 1. The predicted octanol–water partition coefficient (Wildman–Crippen LogP) is 6.11. The van der Waals surface area contributed by atoms with Crippen molar-refractivity contribution >= 4 is 23.5 Å². The second-order valence-electron chi connectivity index (χ2n) is 12.7. The fourth-order valence-corrected chi connectivity index (χ4v) is 6.76. The first-order valence-electron chi connectivity index (χ1n) is 14.3. The summed E-state index contributed by atoms with van der Waals surface area (Å²) in [6.45, 7) is 9.22. The van der Waals surface area contributed by atoms with Crippen LogP contribution in [0.25, 0.3) is 0 Å². The van der Waals surface area contributed by atoms with Crippen LogP contribution in [-0.4, -0.2) is 71.6 Å². The molecule has 6 nitrogen and oxygen atoms in total. The second kappa shape index (κ2) is 11.1. The maximum absolute atomic E-state index is 13.7. The average Bonchev–Trinajstić information content (AvgIpc) is 3.64. The van der Waals surface area contributed by atoms with Crippen molar-refractivity contribution in [3.8, 4) is 0 Å². The fourth-order valence-electron chi connectivity index (χ4n) is 6.63. The Kier molecular flexibility index (Phi) is 8.07. The van der Waals surface area contributed by atoms with Crippen LogP contribution in [0.3, 0.4) is 0 Å². The molecule has 0 aromatic heterocycles. The smallest absolute Gasteiger partial charge is 0.351 e. The zero-order valence-corrected chi connectivity index (χ0v) is 24.5. The van der Waals surface area contributed by atoms with Crippen LogP contribution in [0.5, 0.6) is 0 Å². The number of allylic oxidation sites excluding steroid dienone is 4. The van der Waals surface area contributed by atoms with Crippen LogP contribution in [0.15, 0.2) is 59.2 Å². The highest BCUT2D eigenvalue weighted by atomic mass is 35.5. The summed E-state index contributed by atoms with van der Waals surface area (Å²) in [5.41, 5.74) is 6.84. The van der Waals surface area contributed by atoms with Crippen molar-refractivity contribution in [1.29, 1.82) is 0 Å². The zero-order valence-electron chi connectivity index (χ0n) is 23.8. The molecule has 5 rings (SSSR count). The van der Waals surface area contributed by atoms with Crippen molar-refractivity contribution in [2.24, 2.45) is 23.0 Å². The number of carbonyl (C=O) groups excluding carboxylic acids is 2. The molecule has 2 N–H and O–H groups in total. The lowest BCUT2D eigenvalue weighted by atomic mass is 9.82. The van der Waals surface area contributed by atoms with Crippen LogP contribution >= 0.6 is 11.6 Å². The number of alkyl halides is 3. The number of halogens is 4. The highest BCUT2D eigenvalue weighted by molar-refractivity contribution is 6.30. The van der Waals surface area contributed by atoms with E-state index in [1.54, 1.807) is 17.1 Å². The number of amides is 3. The van der Waals surface area contributed by atoms with Crippen molar-refractivity contribution in [3.05, 3.63) is 69.8 Å². The second-order valence-corrected chi connectivity index (χ2v) is 13.2. The molecule has 1 aromatic rings. The predicted molar refractivity (Wildman–Crippen MR) is 153 cm³/mol. The van der Waals surface area contributed by atoms with Gasteiger partial charge in [-0.15, -0.1) is 0 Å². The Morgan fingerprint density at radius 2 is 1.71 bits per heavy atom. The lowest BCUT2D eigenvalue weighted by molar-refractivity contribution is -0.141. The molecule has 222 valence electrons. The highest BCUT2D eigenvalue weighted by Crippen LogP contribution is 2.54. The van der Waals surface area contributed by atoms with E-state index < -0.39 is 23.7 Å². The number of carbonyl (C=O) groups is 2. The van der Waals surface area contributed by atoms with E-state index in [-0.39, 0.29) is 29.3 Å². The molecule has 2 unspecified atom stereocenters. The minimum atomic E-state index is -4.33. The van der Waals surface area contributed by atoms with Gasteiger partial charge < -0.3 is 15.5 Å². The highest BCUT2D eigenvalue weighted by Gasteiger charge is 2.52. The Bertz CT molecular complexity index is 1270. The van der Waals surface area contributed by atoms with Gasteiger partial charge in [0.2, 0.25) is 5.91 Å². The van der Waals surface area contributed by atoms with Crippen molar-refractivity contribution in [3.63, 3.8) is 0 Å². The Morgan fingerprint density at radius 3 is 2.29 bits per heavy atom. The summed E-state index contributed by atoms with van der Waals surface area (Å²) in [6, 6.07) is 6.70. The van der Waals surface area contributed by atoms with Gasteiger partial charge in [0.05, 0.1) is 6.04 Å². The topological polar surface area (TPSA) is 69.9 Å². The number of rotatable bonds is 5. The molecule has 1 aromatic carbocycles. The summed E-state index contributed by atoms with van der Waals surface area (Å²) < 4.78 is 40.5. The standard InChI is InChI=1S/C31H38ClF3N4O2/c1-30(2,3)25-18-38(14-15-39(25)26(40)16-19-10-12-37(13-11-19)29(36)41)28(20-4-7-22(32)8-5-20)21-6-9-23-24(17-21)27(23)31(33,34)35/h4-9,17,19,23,25,28H,10-16,18H2,1-3H3,(H2,36,41)/t23-,25?,28?/m1/s1. The van der Waals surface area contributed by atoms with E-state index in [1.165, 1.54) is 0 Å². The van der Waals surface area contributed by atoms with E-state index in [2.05, 4.69) is 25.7 Å². The third kappa shape index (κ3) is 6.36. The van der Waals surface area contributed by atoms with Crippen LogP contribution in [0.1, 0.15) is 51.6 Å². The van der Waals surface area contributed by atoms with Gasteiger partial charge in [0.25, 0.3) is 0 Å². The molecule has 10 heteroatoms. The van der Waals surface area contributed by atoms with E-state index in [0.717, 1.165) is 24.0 Å². The third-order valence-electron chi connectivity index (χ3n) is 8.97. The van der Waals surface area contributed by atoms with E-state index in [9.17, 15) is 22.8 Å². The third-order valence-corrected chi connectivity index (χ3v) is 9.22. The quantitative estimate of drug-likeness (QED) is 0.450. The summed E-state index contributed by atoms with van der Waals surface area (Å²) in [4.78, 5) is 31.1. The maximum Gasteiger partial charge on any atom is 0.413 e. The molecule has 2 aliphatic heterocycles. The molecule has 0 bridgehead atoms. The van der Waals surface area contributed by atoms with E-state index >= 15 is 0 Å². The molecule has 41 heavy (non-hydrogen) atoms. The van der Waals surface area contributed by atoms with Gasteiger partial charge in [-0.1, -0.05) is 62.7 Å². The largest absolute Gasteiger partial charge is 0.413 e. The Balaban J connectivity index is 1.37. The minimum Gasteiger partial charge on any atom is -0.351 e. The number of nitrogens with two attached hydrogens (primary N) is 1. The maximum atomic E-state index is 13.7. The van der Waals surface area contributed by atoms with E-state index in [1.807, 2.05) is 35.2 Å². The van der Waals surface area contributed by atoms with Gasteiger partial charge in [0.1, 0.15) is 0 Å². The van der Waals surface area contributed by atoms with Gasteiger partial charge in [0, 0.05) is 61.7 Å². The molecular weight excluding hydrogens is 553 g/mol. The first-order valence-corrected chi connectivity index (χ1v) is 14.7. The molecule has 0 saturated carbocycles. The van der Waals surface area contributed by atoms with Gasteiger partial charge in [-0.3, -0.25) is 9.69 Å². The Hall–Kier alpha value is -2.78. The van der Waals surface area contributed by atoms with E-state index in [4.69, 9.17) is 17.3 Å². The van der Waals surface area contributed by atoms with Gasteiger partial charge in [-0.2, -0.15) is 13.2 Å². The van der Waals surface area contributed by atoms with Crippen molar-refractivity contribution in [2.75, 3.05) is 32.7 Å². The number of piperazine rings is 1. The lowest BCUT2D eigenvalue weighted by Crippen LogP contribution is -2.60. The summed E-state index contributed by atoms with van der Waals surface area (Å²) >= 11 is 6.18. The number of piperidine rings is 1. The number of nitrogens with zero attached hydrogens (tertiary/aromatic N) is 3. The van der Waals surface area contributed by atoms with Crippen LogP contribution in [0, 0.1) is 17.3 Å². The number of fused-ring (bicyclic) bond motifs is 1. The van der Waals surface area contributed by atoms with E-state index in [0.29, 0.717) is 49.7 Å². The van der Waals surface area contributed by atoms with Crippen LogP contribution in [0.2, 0.25) is 5.02 Å². The normalized spacial score (nSPS) is 24.7. The van der Waals surface area contributed by atoms with Crippen molar-refractivity contribution in [2.45, 2.75) is 58.3 Å². The molecule has 3 amide bonds. The van der Waals surface area contributed by atoms with Gasteiger partial charge in [0.15, 0.2) is 0 Å². The SMILES string of the molecule is CC(C)(C)C1CN(C(C2=CC3=C(C(F)(F)F)[C@@H]3C=C2)c2ccc(Cl)cc2)CCN1C(=O)CC1CCN(C(N)=O)CC1. The first kappa shape index (κ1) is 29.7. The number of urea groups is 1. The molecule has 2 heterocycles. The van der Waals surface area contributed by atoms with Gasteiger partial charge in [-0.25, -0.2) is 4.79 Å². The number of hydrogen-bond acceptors (Lipinski definition) is 3. The average molecular weight is 591 g/mol.